The molecule has 0 aromatic carbocycles. The van der Waals surface area contributed by atoms with Crippen LogP contribution in [0.2, 0.25) is 0 Å². The second-order valence-corrected chi connectivity index (χ2v) is 4.64. The van der Waals surface area contributed by atoms with E-state index in [1.807, 2.05) is 0 Å². The fourth-order valence-electron chi connectivity index (χ4n) is 0.470. The van der Waals surface area contributed by atoms with Crippen LogP contribution < -0.4 is 0 Å². The third-order valence-corrected chi connectivity index (χ3v) is 2.46. The Bertz CT molecular complexity index is 77.6. The molecule has 0 rings (SSSR count). The summed E-state index contributed by atoms with van der Waals surface area (Å²) < 4.78 is 4.75. The van der Waals surface area contributed by atoms with Crippen molar-refractivity contribution in [3.63, 3.8) is 0 Å². The van der Waals surface area contributed by atoms with Crippen molar-refractivity contribution in [2.75, 3.05) is 13.3 Å². The third kappa shape index (κ3) is 6.23. The van der Waals surface area contributed by atoms with Crippen LogP contribution in [0.3, 0.4) is 0 Å². The van der Waals surface area contributed by atoms with Gasteiger partial charge in [-0.1, -0.05) is 20.8 Å². The molecule has 3 heteroatoms. The predicted molar refractivity (Wildman–Crippen MR) is 40.5 cm³/mol. The minimum Gasteiger partial charge on any atom is -0.350 e. The van der Waals surface area contributed by atoms with E-state index in [2.05, 4.69) is 20.8 Å². The molecular weight excluding hydrogens is 135 g/mol. The lowest BCUT2D eigenvalue weighted by molar-refractivity contribution is 0.363. The number of rotatable bonds is 2. The summed E-state index contributed by atoms with van der Waals surface area (Å²) in [5.74, 6) is 0. The van der Waals surface area contributed by atoms with Gasteiger partial charge in [0, 0.05) is 13.3 Å². The van der Waals surface area contributed by atoms with Crippen LogP contribution in [0.1, 0.15) is 20.8 Å². The first-order valence-electron chi connectivity index (χ1n) is 2.96. The van der Waals surface area contributed by atoms with Crippen molar-refractivity contribution >= 4 is 8.38 Å². The van der Waals surface area contributed by atoms with Crippen LogP contribution in [-0.2, 0) is 4.52 Å². The van der Waals surface area contributed by atoms with Gasteiger partial charge in [0.25, 0.3) is 0 Å². The number of hydrogen-bond donors (Lipinski definition) is 1. The van der Waals surface area contributed by atoms with Crippen LogP contribution in [0.25, 0.3) is 0 Å². The zero-order valence-corrected chi connectivity index (χ0v) is 7.40. The van der Waals surface area contributed by atoms with Crippen LogP contribution in [0, 0.1) is 5.41 Å². The van der Waals surface area contributed by atoms with Gasteiger partial charge in [-0.3, -0.25) is 0 Å². The lowest BCUT2D eigenvalue weighted by atomic mass is 10.0. The van der Waals surface area contributed by atoms with Gasteiger partial charge in [0.1, 0.15) is 0 Å². The maximum Gasteiger partial charge on any atom is 0.167 e. The highest BCUT2D eigenvalue weighted by atomic mass is 31.2. The summed E-state index contributed by atoms with van der Waals surface area (Å²) in [5.41, 5.74) is 0.177. The van der Waals surface area contributed by atoms with Crippen molar-refractivity contribution in [2.45, 2.75) is 20.8 Å². The smallest absolute Gasteiger partial charge is 0.167 e. The van der Waals surface area contributed by atoms with Crippen molar-refractivity contribution in [3.05, 3.63) is 0 Å². The molecule has 9 heavy (non-hydrogen) atoms. The van der Waals surface area contributed by atoms with Crippen LogP contribution in [0.5, 0.6) is 0 Å². The Morgan fingerprint density at radius 1 is 1.44 bits per heavy atom. The zero-order chi connectivity index (χ0) is 7.49. The third-order valence-electron chi connectivity index (χ3n) is 0.820. The highest BCUT2D eigenvalue weighted by molar-refractivity contribution is 7.46. The average Bonchev–Trinajstić information content (AvgIpc) is 1.62. The van der Waals surface area contributed by atoms with E-state index >= 15 is 0 Å². The van der Waals surface area contributed by atoms with Gasteiger partial charge in [0.05, 0.1) is 0 Å². The fourth-order valence-corrected chi connectivity index (χ4v) is 1.41. The molecule has 1 atom stereocenters. The van der Waals surface area contributed by atoms with Crippen LogP contribution in [0.15, 0.2) is 0 Å². The van der Waals surface area contributed by atoms with E-state index in [1.54, 1.807) is 0 Å². The molecule has 0 aliphatic rings. The van der Waals surface area contributed by atoms with Gasteiger partial charge in [-0.05, 0) is 5.41 Å². The van der Waals surface area contributed by atoms with E-state index < -0.39 is 8.38 Å². The first-order chi connectivity index (χ1) is 3.95. The molecule has 0 fully saturated rings. The van der Waals surface area contributed by atoms with Crippen LogP contribution in [0.4, 0.5) is 0 Å². The quantitative estimate of drug-likeness (QED) is 0.610. The van der Waals surface area contributed by atoms with Crippen molar-refractivity contribution in [1.82, 2.24) is 0 Å². The minimum absolute atomic E-state index is 0.177. The van der Waals surface area contributed by atoms with E-state index in [1.165, 1.54) is 7.11 Å². The molecule has 1 unspecified atom stereocenters. The Kier molecular flexibility index (Phi) is 3.64. The Morgan fingerprint density at radius 2 is 1.89 bits per heavy atom. The molecule has 0 aliphatic carbocycles. The van der Waals surface area contributed by atoms with E-state index in [4.69, 9.17) is 9.42 Å². The molecule has 0 amide bonds. The lowest BCUT2D eigenvalue weighted by Gasteiger charge is -2.19. The SMILES string of the molecule is COP(O)CC(C)(C)C. The lowest BCUT2D eigenvalue weighted by Crippen LogP contribution is -2.10. The minimum atomic E-state index is -1.17. The first-order valence-corrected chi connectivity index (χ1v) is 4.36. The standard InChI is InChI=1S/C6H15O2P/c1-6(2,3)5-9(7)8-4/h7H,5H2,1-4H3. The van der Waals surface area contributed by atoms with Gasteiger partial charge in [-0.2, -0.15) is 0 Å². The van der Waals surface area contributed by atoms with Gasteiger partial charge >= 0.3 is 0 Å². The molecular formula is C6H15O2P. The molecule has 0 aromatic heterocycles. The Balaban J connectivity index is 3.47. The molecule has 0 saturated carbocycles. The summed E-state index contributed by atoms with van der Waals surface area (Å²) in [5, 5.41) is 0. The van der Waals surface area contributed by atoms with Gasteiger partial charge in [0.15, 0.2) is 8.38 Å². The second-order valence-electron chi connectivity index (χ2n) is 3.25. The Labute approximate surface area is 58.1 Å². The largest absolute Gasteiger partial charge is 0.350 e. The molecule has 1 N–H and O–H groups in total. The molecule has 0 saturated heterocycles. The Hall–Kier alpha value is 0.350. The maximum atomic E-state index is 9.04. The summed E-state index contributed by atoms with van der Waals surface area (Å²) >= 11 is 0. The molecule has 0 aromatic rings. The molecule has 2 nitrogen and oxygen atoms in total. The van der Waals surface area contributed by atoms with Crippen LogP contribution >= 0.6 is 8.38 Å². The molecule has 0 bridgehead atoms. The predicted octanol–water partition coefficient (Wildman–Crippen LogP) is 1.98. The topological polar surface area (TPSA) is 29.5 Å². The van der Waals surface area contributed by atoms with Gasteiger partial charge in [-0.25, -0.2) is 0 Å². The van der Waals surface area contributed by atoms with E-state index in [-0.39, 0.29) is 5.41 Å². The monoisotopic (exact) mass is 150 g/mol. The van der Waals surface area contributed by atoms with Crippen LogP contribution in [-0.4, -0.2) is 18.2 Å². The summed E-state index contributed by atoms with van der Waals surface area (Å²) in [6, 6.07) is 0. The van der Waals surface area contributed by atoms with Crippen molar-refractivity contribution in [1.29, 1.82) is 0 Å². The first kappa shape index (κ1) is 9.35. The molecule has 56 valence electrons. The molecule has 0 aliphatic heterocycles. The highest BCUT2D eigenvalue weighted by Gasteiger charge is 2.16. The summed E-state index contributed by atoms with van der Waals surface area (Å²) in [6.07, 6.45) is 0.749. The zero-order valence-electron chi connectivity index (χ0n) is 6.51. The van der Waals surface area contributed by atoms with Gasteiger partial charge < -0.3 is 9.42 Å². The van der Waals surface area contributed by atoms with E-state index in [0.717, 1.165) is 6.16 Å². The molecule has 0 spiro atoms. The van der Waals surface area contributed by atoms with Crippen molar-refractivity contribution < 1.29 is 9.42 Å². The highest BCUT2D eigenvalue weighted by Crippen LogP contribution is 2.37. The molecule has 0 radical (unpaired) electrons. The number of hydrogen-bond acceptors (Lipinski definition) is 2. The second kappa shape index (κ2) is 3.50. The van der Waals surface area contributed by atoms with E-state index in [9.17, 15) is 0 Å². The van der Waals surface area contributed by atoms with Gasteiger partial charge in [-0.15, -0.1) is 0 Å². The fraction of sp³-hybridized carbons (Fsp3) is 1.00. The van der Waals surface area contributed by atoms with Crippen molar-refractivity contribution in [2.24, 2.45) is 5.41 Å². The summed E-state index contributed by atoms with van der Waals surface area (Å²) in [4.78, 5) is 9.04. The molecule has 0 heterocycles. The normalized spacial score (nSPS) is 15.7. The Morgan fingerprint density at radius 3 is 2.00 bits per heavy atom. The van der Waals surface area contributed by atoms with E-state index in [0.29, 0.717) is 0 Å². The maximum absolute atomic E-state index is 9.04. The van der Waals surface area contributed by atoms with Crippen molar-refractivity contribution in [3.8, 4) is 0 Å². The summed E-state index contributed by atoms with van der Waals surface area (Å²) in [6.45, 7) is 6.24. The summed E-state index contributed by atoms with van der Waals surface area (Å²) in [7, 11) is 0.373. The van der Waals surface area contributed by atoms with Gasteiger partial charge in [0.2, 0.25) is 0 Å². The average molecular weight is 150 g/mol.